The van der Waals surface area contributed by atoms with Crippen LogP contribution in [-0.2, 0) is 11.0 Å². The van der Waals surface area contributed by atoms with Gasteiger partial charge in [-0.2, -0.15) is 13.2 Å². The van der Waals surface area contributed by atoms with Crippen LogP contribution in [0.1, 0.15) is 107 Å². The van der Waals surface area contributed by atoms with Crippen molar-refractivity contribution in [3.05, 3.63) is 35.4 Å². The van der Waals surface area contributed by atoms with Crippen molar-refractivity contribution in [1.29, 1.82) is 0 Å². The van der Waals surface area contributed by atoms with Crippen LogP contribution in [0.3, 0.4) is 0 Å². The zero-order valence-electron chi connectivity index (χ0n) is 21.3. The van der Waals surface area contributed by atoms with Gasteiger partial charge in [-0.1, -0.05) is 44.2 Å². The quantitative estimate of drug-likeness (QED) is 0.433. The Labute approximate surface area is 209 Å². The van der Waals surface area contributed by atoms with Gasteiger partial charge in [0.2, 0.25) is 0 Å². The minimum Gasteiger partial charge on any atom is -0.400 e. The number of aliphatic hydroxyl groups excluding tert-OH is 1. The second kappa shape index (κ2) is 12.7. The number of alkyl halides is 3. The van der Waals surface area contributed by atoms with E-state index in [4.69, 9.17) is 5.11 Å². The third kappa shape index (κ3) is 7.55. The number of aldehydes is 1. The smallest absolute Gasteiger partial charge is 0.400 e. The minimum atomic E-state index is -4.27. The average Bonchev–Trinajstić information content (AvgIpc) is 3.50. The first-order valence-electron chi connectivity index (χ1n) is 13.6. The summed E-state index contributed by atoms with van der Waals surface area (Å²) in [6.45, 7) is 2.66. The van der Waals surface area contributed by atoms with E-state index in [1.165, 1.54) is 64.5 Å². The molecule has 1 aromatic carbocycles. The highest BCUT2D eigenvalue weighted by Gasteiger charge is 2.46. The van der Waals surface area contributed by atoms with Crippen molar-refractivity contribution in [2.75, 3.05) is 20.2 Å². The van der Waals surface area contributed by atoms with Crippen LogP contribution >= 0.6 is 0 Å². The number of hydrogen-bond acceptors (Lipinski definition) is 3. The number of carbonyl (C=O) groups is 1. The number of aliphatic hydroxyl groups is 1. The average molecular weight is 496 g/mol. The molecule has 2 N–H and O–H groups in total. The van der Waals surface area contributed by atoms with Crippen LogP contribution < -0.4 is 5.32 Å². The Morgan fingerprint density at radius 1 is 0.914 bits per heavy atom. The van der Waals surface area contributed by atoms with Gasteiger partial charge < -0.3 is 15.2 Å². The van der Waals surface area contributed by atoms with Crippen LogP contribution in [0.5, 0.6) is 0 Å². The Morgan fingerprint density at radius 2 is 1.46 bits per heavy atom. The van der Waals surface area contributed by atoms with Crippen molar-refractivity contribution in [3.63, 3.8) is 0 Å². The van der Waals surface area contributed by atoms with E-state index < -0.39 is 11.7 Å². The van der Waals surface area contributed by atoms with Crippen molar-refractivity contribution in [3.8, 4) is 0 Å². The number of halogens is 3. The maximum Gasteiger partial charge on any atom is 0.416 e. The van der Waals surface area contributed by atoms with E-state index in [1.54, 1.807) is 18.6 Å². The Morgan fingerprint density at radius 3 is 1.94 bits per heavy atom. The molecule has 2 spiro atoms. The Kier molecular flexibility index (Phi) is 10.2. The van der Waals surface area contributed by atoms with Crippen molar-refractivity contribution in [1.82, 2.24) is 5.32 Å². The lowest BCUT2D eigenvalue weighted by Crippen LogP contribution is -2.48. The zero-order chi connectivity index (χ0) is 25.4. The predicted molar refractivity (Wildman–Crippen MR) is 134 cm³/mol. The summed E-state index contributed by atoms with van der Waals surface area (Å²) in [4.78, 5) is 10.5. The van der Waals surface area contributed by atoms with Crippen LogP contribution in [0.2, 0.25) is 0 Å². The summed E-state index contributed by atoms with van der Waals surface area (Å²) >= 11 is 0. The molecule has 4 aliphatic rings. The van der Waals surface area contributed by atoms with E-state index in [1.807, 2.05) is 0 Å². The van der Waals surface area contributed by atoms with Gasteiger partial charge in [0.15, 0.2) is 0 Å². The zero-order valence-corrected chi connectivity index (χ0v) is 21.3. The molecule has 2 unspecified atom stereocenters. The minimum absolute atomic E-state index is 0.293. The van der Waals surface area contributed by atoms with E-state index >= 15 is 0 Å². The number of piperidine rings is 1. The van der Waals surface area contributed by atoms with Crippen molar-refractivity contribution < 1.29 is 23.1 Å². The molecule has 0 bridgehead atoms. The SMILES string of the molecule is C1CCC2(C1)CNCC1(CCCC1)C2.CO.O=CCC1CCCC(c2ccc(C(F)(F)F)cc2)C1. The molecule has 1 aliphatic heterocycles. The predicted octanol–water partition coefficient (Wildman–Crippen LogP) is 7.28. The molecule has 2 atom stereocenters. The van der Waals surface area contributed by atoms with Gasteiger partial charge in [0.25, 0.3) is 0 Å². The molecule has 1 aromatic rings. The Hall–Kier alpha value is -1.40. The normalized spacial score (nSPS) is 27.0. The fraction of sp³-hybridized carbons (Fsp3) is 0.759. The number of carbonyl (C=O) groups excluding carboxylic acids is 1. The highest BCUT2D eigenvalue weighted by atomic mass is 19.4. The molecule has 1 saturated heterocycles. The van der Waals surface area contributed by atoms with Gasteiger partial charge in [-0.05, 0) is 91.7 Å². The van der Waals surface area contributed by atoms with E-state index in [-0.39, 0.29) is 0 Å². The summed E-state index contributed by atoms with van der Waals surface area (Å²) in [5.74, 6) is 0.680. The number of benzene rings is 1. The molecular formula is C29H44F3NO2. The highest BCUT2D eigenvalue weighted by molar-refractivity contribution is 5.49. The van der Waals surface area contributed by atoms with Crippen LogP contribution in [0.25, 0.3) is 0 Å². The van der Waals surface area contributed by atoms with Crippen LogP contribution in [0.15, 0.2) is 24.3 Å². The Bertz CT molecular complexity index is 743. The van der Waals surface area contributed by atoms with Gasteiger partial charge in [0.1, 0.15) is 6.29 Å². The van der Waals surface area contributed by atoms with Gasteiger partial charge in [0, 0.05) is 26.6 Å². The summed E-state index contributed by atoms with van der Waals surface area (Å²) in [5.41, 5.74) is 1.84. The third-order valence-electron chi connectivity index (χ3n) is 9.00. The van der Waals surface area contributed by atoms with E-state index in [2.05, 4.69) is 5.32 Å². The first-order chi connectivity index (χ1) is 16.8. The van der Waals surface area contributed by atoms with Crippen LogP contribution in [-0.4, -0.2) is 31.6 Å². The third-order valence-corrected chi connectivity index (χ3v) is 9.00. The lowest BCUT2D eigenvalue weighted by atomic mass is 9.66. The van der Waals surface area contributed by atoms with Gasteiger partial charge in [-0.3, -0.25) is 0 Å². The fourth-order valence-electron chi connectivity index (χ4n) is 7.36. The summed E-state index contributed by atoms with van der Waals surface area (Å²) < 4.78 is 37.5. The Balaban J connectivity index is 0.000000189. The van der Waals surface area contributed by atoms with Gasteiger partial charge >= 0.3 is 6.18 Å². The molecule has 1 heterocycles. The molecule has 6 heteroatoms. The number of hydrogen-bond donors (Lipinski definition) is 2. The maximum atomic E-state index is 12.5. The molecule has 5 rings (SSSR count). The first kappa shape index (κ1) is 28.2. The fourth-order valence-corrected chi connectivity index (χ4v) is 7.36. The second-order valence-electron chi connectivity index (χ2n) is 11.4. The van der Waals surface area contributed by atoms with Gasteiger partial charge in [0.05, 0.1) is 5.56 Å². The molecule has 3 aliphatic carbocycles. The van der Waals surface area contributed by atoms with E-state index in [0.717, 1.165) is 67.6 Å². The molecule has 198 valence electrons. The number of nitrogens with one attached hydrogen (secondary N) is 1. The van der Waals surface area contributed by atoms with Crippen molar-refractivity contribution in [2.24, 2.45) is 16.7 Å². The lowest BCUT2D eigenvalue weighted by Gasteiger charge is -2.45. The summed E-state index contributed by atoms with van der Waals surface area (Å²) in [7, 11) is 1.00. The molecule has 4 fully saturated rings. The molecule has 3 saturated carbocycles. The highest BCUT2D eigenvalue weighted by Crippen LogP contribution is 2.53. The summed E-state index contributed by atoms with van der Waals surface area (Å²) in [6, 6.07) is 5.46. The van der Waals surface area contributed by atoms with Crippen LogP contribution in [0, 0.1) is 16.7 Å². The molecular weight excluding hydrogens is 451 g/mol. The number of rotatable bonds is 3. The molecule has 0 amide bonds. The molecule has 3 nitrogen and oxygen atoms in total. The topological polar surface area (TPSA) is 49.3 Å². The largest absolute Gasteiger partial charge is 0.416 e. The maximum absolute atomic E-state index is 12.5. The monoisotopic (exact) mass is 495 g/mol. The van der Waals surface area contributed by atoms with Crippen molar-refractivity contribution >= 4 is 6.29 Å². The molecule has 0 aromatic heterocycles. The van der Waals surface area contributed by atoms with Gasteiger partial charge in [-0.25, -0.2) is 0 Å². The lowest BCUT2D eigenvalue weighted by molar-refractivity contribution is -0.137. The standard InChI is InChI=1S/C15H17F3O.C13H23N.CH4O/c16-15(17,18)14-6-4-12(5-7-14)13-3-1-2-11(10-13)8-9-19;1-2-6-12(5-1)9-13(11-14-10-12)7-3-4-8-13;1-2/h4-7,9,11,13H,1-3,8,10H2;14H,1-11H2;2H,1H3. The van der Waals surface area contributed by atoms with Crippen molar-refractivity contribution in [2.45, 2.75) is 102 Å². The first-order valence-corrected chi connectivity index (χ1v) is 13.6. The van der Waals surface area contributed by atoms with E-state index in [0.29, 0.717) is 18.3 Å². The summed E-state index contributed by atoms with van der Waals surface area (Å²) in [5, 5.41) is 10.8. The summed E-state index contributed by atoms with van der Waals surface area (Å²) in [6.07, 6.45) is 14.9. The van der Waals surface area contributed by atoms with Gasteiger partial charge in [-0.15, -0.1) is 0 Å². The van der Waals surface area contributed by atoms with Crippen LogP contribution in [0.4, 0.5) is 13.2 Å². The second-order valence-corrected chi connectivity index (χ2v) is 11.4. The van der Waals surface area contributed by atoms with E-state index in [9.17, 15) is 18.0 Å². The molecule has 0 radical (unpaired) electrons. The molecule has 35 heavy (non-hydrogen) atoms.